The standard InChI is InChI=1S/C10H8OS/c1-12-10(11)8-7-9-5-3-2-4-6-9/h2-6H,1H3. The number of carbonyl (C=O) groups is 1. The molecule has 1 rings (SSSR count). The Kier molecular flexibility index (Phi) is 3.43. The molecule has 0 bridgehead atoms. The molecule has 0 heterocycles. The van der Waals surface area contributed by atoms with Gasteiger partial charge in [-0.3, -0.25) is 4.79 Å². The van der Waals surface area contributed by atoms with Crippen molar-refractivity contribution in [1.82, 2.24) is 0 Å². The average molecular weight is 176 g/mol. The molecule has 12 heavy (non-hydrogen) atoms. The highest BCUT2D eigenvalue weighted by Gasteiger charge is 1.88. The molecule has 1 aromatic carbocycles. The van der Waals surface area contributed by atoms with Gasteiger partial charge in [-0.05, 0) is 24.3 Å². The molecule has 0 spiro atoms. The lowest BCUT2D eigenvalue weighted by Crippen LogP contribution is -1.82. The first-order valence-corrected chi connectivity index (χ1v) is 4.70. The van der Waals surface area contributed by atoms with Gasteiger partial charge in [0, 0.05) is 5.56 Å². The lowest BCUT2D eigenvalue weighted by molar-refractivity contribution is -0.106. The Morgan fingerprint density at radius 2 is 2.00 bits per heavy atom. The minimum Gasteiger partial charge on any atom is -0.272 e. The maximum absolute atomic E-state index is 10.8. The zero-order chi connectivity index (χ0) is 8.81. The summed E-state index contributed by atoms with van der Waals surface area (Å²) in [5, 5.41) is -0.0983. The Hall–Kier alpha value is -1.20. The zero-order valence-corrected chi connectivity index (χ0v) is 7.52. The van der Waals surface area contributed by atoms with E-state index in [1.54, 1.807) is 6.26 Å². The molecule has 0 unspecified atom stereocenters. The predicted octanol–water partition coefficient (Wildman–Crippen LogP) is 1.93. The number of carbonyl (C=O) groups excluding carboxylic acids is 1. The fraction of sp³-hybridized carbons (Fsp3) is 0.100. The fourth-order valence-corrected chi connectivity index (χ4v) is 0.849. The van der Waals surface area contributed by atoms with Crippen LogP contribution >= 0.6 is 11.8 Å². The topological polar surface area (TPSA) is 17.1 Å². The minimum atomic E-state index is -0.0983. The smallest absolute Gasteiger partial charge is 0.262 e. The Labute approximate surface area is 76.2 Å². The maximum Gasteiger partial charge on any atom is 0.262 e. The molecule has 0 aliphatic carbocycles. The van der Waals surface area contributed by atoms with Gasteiger partial charge in [0.05, 0.1) is 0 Å². The van der Waals surface area contributed by atoms with Gasteiger partial charge in [-0.2, -0.15) is 0 Å². The van der Waals surface area contributed by atoms with E-state index in [1.807, 2.05) is 30.3 Å². The second kappa shape index (κ2) is 4.63. The van der Waals surface area contributed by atoms with Crippen molar-refractivity contribution in [2.75, 3.05) is 6.26 Å². The third-order valence-electron chi connectivity index (χ3n) is 1.27. The summed E-state index contributed by atoms with van der Waals surface area (Å²) in [7, 11) is 0. The number of rotatable bonds is 0. The van der Waals surface area contributed by atoms with Crippen LogP contribution in [0.3, 0.4) is 0 Å². The summed E-state index contributed by atoms with van der Waals surface area (Å²) in [5.74, 6) is 5.30. The molecule has 0 aliphatic rings. The number of hydrogen-bond donors (Lipinski definition) is 0. The summed E-state index contributed by atoms with van der Waals surface area (Å²) in [6.45, 7) is 0. The molecular formula is C10H8OS. The highest BCUT2D eigenvalue weighted by atomic mass is 32.2. The van der Waals surface area contributed by atoms with Crippen molar-refractivity contribution in [2.24, 2.45) is 0 Å². The van der Waals surface area contributed by atoms with Gasteiger partial charge in [0.1, 0.15) is 0 Å². The molecule has 0 N–H and O–H groups in total. The van der Waals surface area contributed by atoms with E-state index in [-0.39, 0.29) is 5.12 Å². The van der Waals surface area contributed by atoms with Gasteiger partial charge in [-0.15, -0.1) is 0 Å². The Bertz CT molecular complexity index is 319. The zero-order valence-electron chi connectivity index (χ0n) is 6.70. The summed E-state index contributed by atoms with van der Waals surface area (Å²) >= 11 is 1.13. The molecule has 60 valence electrons. The first-order chi connectivity index (χ1) is 5.83. The van der Waals surface area contributed by atoms with Crippen LogP contribution in [0.1, 0.15) is 5.56 Å². The third kappa shape index (κ3) is 2.81. The molecule has 2 heteroatoms. The van der Waals surface area contributed by atoms with Gasteiger partial charge in [-0.25, -0.2) is 0 Å². The van der Waals surface area contributed by atoms with E-state index in [0.717, 1.165) is 17.3 Å². The highest BCUT2D eigenvalue weighted by Crippen LogP contribution is 1.96. The van der Waals surface area contributed by atoms with E-state index in [2.05, 4.69) is 11.8 Å². The van der Waals surface area contributed by atoms with Crippen LogP contribution in [0, 0.1) is 11.8 Å². The van der Waals surface area contributed by atoms with E-state index in [9.17, 15) is 4.79 Å². The van der Waals surface area contributed by atoms with Crippen LogP contribution in [0.15, 0.2) is 30.3 Å². The van der Waals surface area contributed by atoms with Crippen LogP contribution in [0.25, 0.3) is 0 Å². The fourth-order valence-electron chi connectivity index (χ4n) is 0.696. The van der Waals surface area contributed by atoms with Gasteiger partial charge in [0.25, 0.3) is 5.12 Å². The predicted molar refractivity (Wildman–Crippen MR) is 51.8 cm³/mol. The van der Waals surface area contributed by atoms with E-state index in [0.29, 0.717) is 0 Å². The minimum absolute atomic E-state index is 0.0983. The van der Waals surface area contributed by atoms with Crippen molar-refractivity contribution in [3.63, 3.8) is 0 Å². The monoisotopic (exact) mass is 176 g/mol. The van der Waals surface area contributed by atoms with Crippen LogP contribution in [0.2, 0.25) is 0 Å². The van der Waals surface area contributed by atoms with Gasteiger partial charge in [0.15, 0.2) is 0 Å². The maximum atomic E-state index is 10.8. The van der Waals surface area contributed by atoms with E-state index in [1.165, 1.54) is 0 Å². The third-order valence-corrected chi connectivity index (χ3v) is 1.74. The second-order valence-corrected chi connectivity index (χ2v) is 2.89. The van der Waals surface area contributed by atoms with Crippen molar-refractivity contribution in [3.05, 3.63) is 35.9 Å². The SMILES string of the molecule is CSC(=O)C#Cc1ccccc1. The van der Waals surface area contributed by atoms with E-state index >= 15 is 0 Å². The van der Waals surface area contributed by atoms with Crippen LogP contribution < -0.4 is 0 Å². The quantitative estimate of drug-likeness (QED) is 0.562. The summed E-state index contributed by atoms with van der Waals surface area (Å²) in [6.07, 6.45) is 1.72. The number of benzene rings is 1. The molecule has 1 nitrogen and oxygen atoms in total. The normalized spacial score (nSPS) is 8.42. The summed E-state index contributed by atoms with van der Waals surface area (Å²) in [6, 6.07) is 9.46. The van der Waals surface area contributed by atoms with Gasteiger partial charge >= 0.3 is 0 Å². The van der Waals surface area contributed by atoms with Crippen LogP contribution in [0.4, 0.5) is 0 Å². The highest BCUT2D eigenvalue weighted by molar-refractivity contribution is 8.13. The summed E-state index contributed by atoms with van der Waals surface area (Å²) < 4.78 is 0. The summed E-state index contributed by atoms with van der Waals surface area (Å²) in [5.41, 5.74) is 0.875. The van der Waals surface area contributed by atoms with E-state index < -0.39 is 0 Å². The van der Waals surface area contributed by atoms with Gasteiger partial charge in [0.2, 0.25) is 0 Å². The van der Waals surface area contributed by atoms with Crippen molar-refractivity contribution >= 4 is 16.9 Å². The second-order valence-electron chi connectivity index (χ2n) is 2.11. The Morgan fingerprint density at radius 1 is 1.33 bits per heavy atom. The van der Waals surface area contributed by atoms with Crippen LogP contribution in [-0.4, -0.2) is 11.4 Å². The molecule has 0 aromatic heterocycles. The molecule has 0 amide bonds. The Morgan fingerprint density at radius 3 is 2.58 bits per heavy atom. The Balaban J connectivity index is 2.74. The molecule has 0 saturated heterocycles. The first kappa shape index (κ1) is 8.89. The van der Waals surface area contributed by atoms with Crippen molar-refractivity contribution in [2.45, 2.75) is 0 Å². The van der Waals surface area contributed by atoms with Gasteiger partial charge in [-0.1, -0.05) is 35.9 Å². The van der Waals surface area contributed by atoms with Crippen LogP contribution in [-0.2, 0) is 4.79 Å². The molecule has 0 saturated carbocycles. The molecule has 0 atom stereocenters. The lowest BCUT2D eigenvalue weighted by atomic mass is 10.2. The molecule has 0 radical (unpaired) electrons. The average Bonchev–Trinajstić information content (AvgIpc) is 2.16. The van der Waals surface area contributed by atoms with Crippen molar-refractivity contribution in [1.29, 1.82) is 0 Å². The molecule has 0 fully saturated rings. The lowest BCUT2D eigenvalue weighted by Gasteiger charge is -1.85. The molecular weight excluding hydrogens is 168 g/mol. The number of thioether (sulfide) groups is 1. The molecule has 0 aliphatic heterocycles. The molecule has 1 aromatic rings. The van der Waals surface area contributed by atoms with E-state index in [4.69, 9.17) is 0 Å². The van der Waals surface area contributed by atoms with Crippen LogP contribution in [0.5, 0.6) is 0 Å². The van der Waals surface area contributed by atoms with Crippen molar-refractivity contribution < 1.29 is 4.79 Å². The number of hydrogen-bond acceptors (Lipinski definition) is 2. The summed E-state index contributed by atoms with van der Waals surface area (Å²) in [4.78, 5) is 10.8. The van der Waals surface area contributed by atoms with Gasteiger partial charge < -0.3 is 0 Å². The van der Waals surface area contributed by atoms with Crippen molar-refractivity contribution in [3.8, 4) is 11.8 Å². The first-order valence-electron chi connectivity index (χ1n) is 3.48. The largest absolute Gasteiger partial charge is 0.272 e.